The third-order valence-electron chi connectivity index (χ3n) is 2.66. The second kappa shape index (κ2) is 9.98. The van der Waals surface area contributed by atoms with Gasteiger partial charge in [-0.2, -0.15) is 0 Å². The molecule has 0 aromatic heterocycles. The highest BCUT2D eigenvalue weighted by molar-refractivity contribution is 5.84. The van der Waals surface area contributed by atoms with Gasteiger partial charge in [0.05, 0.1) is 13.2 Å². The zero-order chi connectivity index (χ0) is 21.4. The largest absolute Gasteiger partial charge is 0.458 e. The van der Waals surface area contributed by atoms with Gasteiger partial charge in [0.2, 0.25) is 5.91 Å². The third kappa shape index (κ3) is 11.7. The summed E-state index contributed by atoms with van der Waals surface area (Å²) in [5.41, 5.74) is 3.52. The van der Waals surface area contributed by atoms with Crippen LogP contribution in [0, 0.1) is 0 Å². The maximum Gasteiger partial charge on any atom is 0.410 e. The SMILES string of the molecule is CCOC(=O)N(CC(N)=O)CC(NC(=O)OC(C)(C)C)C(=O)OC(C)(C)C. The number of nitrogens with two attached hydrogens (primary N) is 1. The predicted molar refractivity (Wildman–Crippen MR) is 96.8 cm³/mol. The first-order chi connectivity index (χ1) is 12.1. The summed E-state index contributed by atoms with van der Waals surface area (Å²) in [6.07, 6.45) is -1.72. The number of ether oxygens (including phenoxy) is 3. The number of amides is 3. The Hall–Kier alpha value is -2.52. The van der Waals surface area contributed by atoms with Crippen LogP contribution in [0.5, 0.6) is 0 Å². The molecule has 3 amide bonds. The van der Waals surface area contributed by atoms with Crippen molar-refractivity contribution >= 4 is 24.1 Å². The van der Waals surface area contributed by atoms with E-state index >= 15 is 0 Å². The normalized spacial score (nSPS) is 12.6. The lowest BCUT2D eigenvalue weighted by atomic mass is 10.2. The summed E-state index contributed by atoms with van der Waals surface area (Å²) in [5.74, 6) is -1.60. The lowest BCUT2D eigenvalue weighted by molar-refractivity contribution is -0.158. The van der Waals surface area contributed by atoms with Gasteiger partial charge in [0, 0.05) is 0 Å². The molecule has 27 heavy (non-hydrogen) atoms. The van der Waals surface area contributed by atoms with Gasteiger partial charge in [-0.3, -0.25) is 9.69 Å². The fraction of sp³-hybridized carbons (Fsp3) is 0.765. The van der Waals surface area contributed by atoms with Crippen LogP contribution < -0.4 is 11.1 Å². The summed E-state index contributed by atoms with van der Waals surface area (Å²) >= 11 is 0. The van der Waals surface area contributed by atoms with Crippen molar-refractivity contribution in [2.45, 2.75) is 65.7 Å². The summed E-state index contributed by atoms with van der Waals surface area (Å²) < 4.78 is 15.3. The van der Waals surface area contributed by atoms with E-state index in [4.69, 9.17) is 19.9 Å². The Morgan fingerprint density at radius 3 is 1.93 bits per heavy atom. The van der Waals surface area contributed by atoms with Crippen LogP contribution >= 0.6 is 0 Å². The highest BCUT2D eigenvalue weighted by atomic mass is 16.6. The van der Waals surface area contributed by atoms with Gasteiger partial charge >= 0.3 is 18.2 Å². The number of hydrogen-bond donors (Lipinski definition) is 2. The molecule has 0 aromatic carbocycles. The summed E-state index contributed by atoms with van der Waals surface area (Å²) in [6, 6.07) is -1.29. The van der Waals surface area contributed by atoms with Gasteiger partial charge < -0.3 is 25.3 Å². The van der Waals surface area contributed by atoms with Crippen molar-refractivity contribution in [3.8, 4) is 0 Å². The molecule has 0 saturated carbocycles. The molecule has 0 rings (SSSR count). The van der Waals surface area contributed by atoms with Crippen molar-refractivity contribution in [3.05, 3.63) is 0 Å². The molecule has 0 bridgehead atoms. The van der Waals surface area contributed by atoms with Crippen LogP contribution in [-0.4, -0.2) is 65.9 Å². The van der Waals surface area contributed by atoms with Crippen molar-refractivity contribution in [3.63, 3.8) is 0 Å². The Labute approximate surface area is 159 Å². The Morgan fingerprint density at radius 2 is 1.52 bits per heavy atom. The minimum atomic E-state index is -1.29. The molecule has 156 valence electrons. The third-order valence-corrected chi connectivity index (χ3v) is 2.66. The van der Waals surface area contributed by atoms with Crippen LogP contribution in [0.1, 0.15) is 48.5 Å². The van der Waals surface area contributed by atoms with Crippen LogP contribution in [0.3, 0.4) is 0 Å². The maximum atomic E-state index is 12.5. The number of primary amides is 1. The van der Waals surface area contributed by atoms with E-state index < -0.39 is 47.9 Å². The van der Waals surface area contributed by atoms with Crippen LogP contribution in [0.2, 0.25) is 0 Å². The maximum absolute atomic E-state index is 12.5. The number of alkyl carbamates (subject to hydrolysis) is 1. The average Bonchev–Trinajstić information content (AvgIpc) is 2.41. The van der Waals surface area contributed by atoms with E-state index in [0.717, 1.165) is 4.90 Å². The smallest absolute Gasteiger partial charge is 0.410 e. The number of nitrogens with one attached hydrogen (secondary N) is 1. The van der Waals surface area contributed by atoms with Gasteiger partial charge in [-0.15, -0.1) is 0 Å². The van der Waals surface area contributed by atoms with Crippen LogP contribution in [0.15, 0.2) is 0 Å². The van der Waals surface area contributed by atoms with Gasteiger partial charge in [-0.25, -0.2) is 14.4 Å². The van der Waals surface area contributed by atoms with E-state index in [1.807, 2.05) is 0 Å². The number of nitrogens with zero attached hydrogens (tertiary/aromatic N) is 1. The number of carbonyl (C=O) groups is 4. The molecule has 0 aliphatic carbocycles. The molecule has 0 saturated heterocycles. The molecule has 0 fully saturated rings. The predicted octanol–water partition coefficient (Wildman–Crippen LogP) is 1.17. The van der Waals surface area contributed by atoms with E-state index in [9.17, 15) is 19.2 Å². The molecule has 0 aliphatic rings. The zero-order valence-corrected chi connectivity index (χ0v) is 17.1. The van der Waals surface area contributed by atoms with Crippen molar-refractivity contribution in [1.29, 1.82) is 0 Å². The van der Waals surface area contributed by atoms with E-state index in [2.05, 4.69) is 5.32 Å². The van der Waals surface area contributed by atoms with Crippen molar-refractivity contribution in [1.82, 2.24) is 10.2 Å². The van der Waals surface area contributed by atoms with Gasteiger partial charge in [-0.05, 0) is 48.5 Å². The number of hydrogen-bond acceptors (Lipinski definition) is 7. The lowest BCUT2D eigenvalue weighted by Crippen LogP contribution is -2.54. The highest BCUT2D eigenvalue weighted by Gasteiger charge is 2.32. The molecule has 10 nitrogen and oxygen atoms in total. The summed E-state index contributed by atoms with van der Waals surface area (Å²) in [6.45, 7) is 10.7. The minimum Gasteiger partial charge on any atom is -0.458 e. The molecule has 0 heterocycles. The highest BCUT2D eigenvalue weighted by Crippen LogP contribution is 2.11. The van der Waals surface area contributed by atoms with Crippen LogP contribution in [0.25, 0.3) is 0 Å². The first-order valence-corrected chi connectivity index (χ1v) is 8.57. The first kappa shape index (κ1) is 24.5. The quantitative estimate of drug-likeness (QED) is 0.492. The monoisotopic (exact) mass is 389 g/mol. The Morgan fingerprint density at radius 1 is 1.00 bits per heavy atom. The summed E-state index contributed by atoms with van der Waals surface area (Å²) in [4.78, 5) is 48.7. The molecule has 0 spiro atoms. The van der Waals surface area contributed by atoms with E-state index in [1.54, 1.807) is 48.5 Å². The summed E-state index contributed by atoms with van der Waals surface area (Å²) in [7, 11) is 0. The molecule has 1 atom stereocenters. The van der Waals surface area contributed by atoms with Crippen molar-refractivity contribution in [2.24, 2.45) is 5.73 Å². The molecular formula is C17H31N3O7. The van der Waals surface area contributed by atoms with Gasteiger partial charge in [0.1, 0.15) is 23.8 Å². The molecule has 10 heteroatoms. The number of rotatable bonds is 7. The second-order valence-electron chi connectivity index (χ2n) is 7.78. The van der Waals surface area contributed by atoms with Crippen LogP contribution in [-0.2, 0) is 23.8 Å². The van der Waals surface area contributed by atoms with E-state index in [1.165, 1.54) is 0 Å². The Kier molecular flexibility index (Phi) is 9.05. The minimum absolute atomic E-state index is 0.0602. The van der Waals surface area contributed by atoms with Gasteiger partial charge in [-0.1, -0.05) is 0 Å². The van der Waals surface area contributed by atoms with E-state index in [0.29, 0.717) is 0 Å². The van der Waals surface area contributed by atoms with Crippen LogP contribution in [0.4, 0.5) is 9.59 Å². The van der Waals surface area contributed by atoms with Gasteiger partial charge in [0.15, 0.2) is 0 Å². The number of carbonyl (C=O) groups excluding carboxylic acids is 4. The average molecular weight is 389 g/mol. The molecule has 0 radical (unpaired) electrons. The Balaban J connectivity index is 5.45. The van der Waals surface area contributed by atoms with Crippen molar-refractivity contribution in [2.75, 3.05) is 19.7 Å². The van der Waals surface area contributed by atoms with Crippen molar-refractivity contribution < 1.29 is 33.4 Å². The fourth-order valence-electron chi connectivity index (χ4n) is 1.83. The zero-order valence-electron chi connectivity index (χ0n) is 17.1. The lowest BCUT2D eigenvalue weighted by Gasteiger charge is -2.29. The fourth-order valence-corrected chi connectivity index (χ4v) is 1.83. The molecule has 1 unspecified atom stereocenters. The molecular weight excluding hydrogens is 358 g/mol. The standard InChI is InChI=1S/C17H31N3O7/c1-8-25-15(24)20(10-12(18)21)9-11(13(22)26-16(2,3)4)19-14(23)27-17(5,6)7/h11H,8-10H2,1-7H3,(H2,18,21)(H,19,23). The molecule has 0 aromatic rings. The first-order valence-electron chi connectivity index (χ1n) is 8.57. The summed E-state index contributed by atoms with van der Waals surface area (Å²) in [5, 5.41) is 2.36. The Bertz CT molecular complexity index is 550. The molecule has 0 aliphatic heterocycles. The van der Waals surface area contributed by atoms with Gasteiger partial charge in [0.25, 0.3) is 0 Å². The topological polar surface area (TPSA) is 137 Å². The van der Waals surface area contributed by atoms with E-state index in [-0.39, 0.29) is 13.2 Å². The molecule has 3 N–H and O–H groups in total. The number of esters is 1. The second-order valence-corrected chi connectivity index (χ2v) is 7.78.